The molecule has 98 valence electrons. The molecule has 1 aliphatic rings. The van der Waals surface area contributed by atoms with Crippen molar-refractivity contribution in [3.05, 3.63) is 34.9 Å². The highest BCUT2D eigenvalue weighted by Gasteiger charge is 2.13. The molecule has 2 rings (SSSR count). The molecule has 0 aromatic heterocycles. The molecule has 0 radical (unpaired) electrons. The fourth-order valence-electron chi connectivity index (χ4n) is 2.46. The van der Waals surface area contributed by atoms with Gasteiger partial charge in [-0.3, -0.25) is 4.79 Å². The van der Waals surface area contributed by atoms with E-state index in [2.05, 4.69) is 17.4 Å². The Morgan fingerprint density at radius 2 is 2.00 bits per heavy atom. The molecule has 1 aliphatic carbocycles. The quantitative estimate of drug-likeness (QED) is 0.755. The van der Waals surface area contributed by atoms with Gasteiger partial charge >= 0.3 is 0 Å². The molecule has 0 saturated carbocycles. The number of fused-ring (bicyclic) bond motifs is 1. The first kappa shape index (κ1) is 13.1. The Labute approximate surface area is 109 Å². The van der Waals surface area contributed by atoms with Gasteiger partial charge in [0.1, 0.15) is 0 Å². The molecule has 3 heteroatoms. The lowest BCUT2D eigenvalue weighted by Crippen LogP contribution is -2.24. The van der Waals surface area contributed by atoms with Crippen molar-refractivity contribution in [2.24, 2.45) is 5.73 Å². The molecule has 3 N–H and O–H groups in total. The maximum Gasteiger partial charge on any atom is 0.251 e. The fourth-order valence-corrected chi connectivity index (χ4v) is 2.46. The number of carbonyl (C=O) groups is 1. The molecule has 0 unspecified atom stereocenters. The largest absolute Gasteiger partial charge is 0.352 e. The maximum absolute atomic E-state index is 11.9. The summed E-state index contributed by atoms with van der Waals surface area (Å²) in [6, 6.07) is 6.10. The average Bonchev–Trinajstić information content (AvgIpc) is 2.85. The van der Waals surface area contributed by atoms with Crippen LogP contribution in [0.3, 0.4) is 0 Å². The van der Waals surface area contributed by atoms with Crippen molar-refractivity contribution in [1.29, 1.82) is 0 Å². The normalized spacial score (nSPS) is 13.4. The zero-order valence-electron chi connectivity index (χ0n) is 10.9. The Morgan fingerprint density at radius 3 is 2.83 bits per heavy atom. The number of aryl methyl sites for hydroxylation is 2. The Balaban J connectivity index is 1.82. The van der Waals surface area contributed by atoms with Gasteiger partial charge in [0.2, 0.25) is 0 Å². The summed E-state index contributed by atoms with van der Waals surface area (Å²) in [5.41, 5.74) is 8.99. The van der Waals surface area contributed by atoms with Crippen molar-refractivity contribution in [3.63, 3.8) is 0 Å². The van der Waals surface area contributed by atoms with Crippen molar-refractivity contribution in [2.75, 3.05) is 13.1 Å². The van der Waals surface area contributed by atoms with Crippen LogP contribution in [-0.4, -0.2) is 19.0 Å². The smallest absolute Gasteiger partial charge is 0.251 e. The number of amides is 1. The highest BCUT2D eigenvalue weighted by Crippen LogP contribution is 2.22. The van der Waals surface area contributed by atoms with Crippen LogP contribution >= 0.6 is 0 Å². The molecule has 0 aliphatic heterocycles. The number of rotatable bonds is 6. The van der Waals surface area contributed by atoms with Crippen LogP contribution in [0.1, 0.15) is 47.2 Å². The van der Waals surface area contributed by atoms with E-state index in [1.807, 2.05) is 6.07 Å². The third-order valence-electron chi connectivity index (χ3n) is 3.53. The highest BCUT2D eigenvalue weighted by molar-refractivity contribution is 5.94. The van der Waals surface area contributed by atoms with Gasteiger partial charge in [-0.2, -0.15) is 0 Å². The van der Waals surface area contributed by atoms with Gasteiger partial charge < -0.3 is 11.1 Å². The minimum atomic E-state index is 0.0532. The minimum absolute atomic E-state index is 0.0532. The van der Waals surface area contributed by atoms with Crippen molar-refractivity contribution in [3.8, 4) is 0 Å². The number of hydrogen-bond donors (Lipinski definition) is 2. The van der Waals surface area contributed by atoms with Crippen molar-refractivity contribution in [1.82, 2.24) is 5.32 Å². The summed E-state index contributed by atoms with van der Waals surface area (Å²) in [5.74, 6) is 0.0532. The predicted molar refractivity (Wildman–Crippen MR) is 73.7 cm³/mol. The predicted octanol–water partition coefficient (Wildman–Crippen LogP) is 2.03. The standard InChI is InChI=1S/C15H22N2O/c16-9-2-1-3-10-17-15(18)14-8-7-12-5-4-6-13(12)11-14/h7-8,11H,1-6,9-10,16H2,(H,17,18). The summed E-state index contributed by atoms with van der Waals surface area (Å²) in [7, 11) is 0. The summed E-state index contributed by atoms with van der Waals surface area (Å²) in [6.07, 6.45) is 6.63. The van der Waals surface area contributed by atoms with Crippen LogP contribution in [-0.2, 0) is 12.8 Å². The third-order valence-corrected chi connectivity index (χ3v) is 3.53. The lowest BCUT2D eigenvalue weighted by atomic mass is 10.1. The summed E-state index contributed by atoms with van der Waals surface area (Å²) >= 11 is 0. The van der Waals surface area contributed by atoms with Crippen LogP contribution in [0.4, 0.5) is 0 Å². The molecular formula is C15H22N2O. The van der Waals surface area contributed by atoms with Crippen LogP contribution in [0.2, 0.25) is 0 Å². The lowest BCUT2D eigenvalue weighted by molar-refractivity contribution is 0.0953. The van der Waals surface area contributed by atoms with Gasteiger partial charge in [-0.05, 0) is 61.9 Å². The molecule has 0 spiro atoms. The second kappa shape index (κ2) is 6.55. The molecule has 0 fully saturated rings. The van der Waals surface area contributed by atoms with Gasteiger partial charge in [0.05, 0.1) is 0 Å². The van der Waals surface area contributed by atoms with Gasteiger partial charge in [0, 0.05) is 12.1 Å². The molecule has 1 amide bonds. The highest BCUT2D eigenvalue weighted by atomic mass is 16.1. The zero-order valence-corrected chi connectivity index (χ0v) is 10.9. The Morgan fingerprint density at radius 1 is 1.17 bits per heavy atom. The molecule has 0 bridgehead atoms. The van der Waals surface area contributed by atoms with E-state index in [1.54, 1.807) is 0 Å². The Hall–Kier alpha value is -1.35. The van der Waals surface area contributed by atoms with E-state index in [9.17, 15) is 4.79 Å². The molecule has 0 saturated heterocycles. The van der Waals surface area contributed by atoms with E-state index in [4.69, 9.17) is 5.73 Å². The monoisotopic (exact) mass is 246 g/mol. The first-order valence-electron chi connectivity index (χ1n) is 6.91. The SMILES string of the molecule is NCCCCCNC(=O)c1ccc2c(c1)CCC2. The number of unbranched alkanes of at least 4 members (excludes halogenated alkanes) is 2. The van der Waals surface area contributed by atoms with E-state index in [0.29, 0.717) is 0 Å². The summed E-state index contributed by atoms with van der Waals surface area (Å²) in [4.78, 5) is 11.9. The topological polar surface area (TPSA) is 55.1 Å². The van der Waals surface area contributed by atoms with Crippen molar-refractivity contribution in [2.45, 2.75) is 38.5 Å². The van der Waals surface area contributed by atoms with Gasteiger partial charge in [-0.15, -0.1) is 0 Å². The maximum atomic E-state index is 11.9. The van der Waals surface area contributed by atoms with Crippen molar-refractivity contribution >= 4 is 5.91 Å². The van der Waals surface area contributed by atoms with Crippen LogP contribution < -0.4 is 11.1 Å². The zero-order chi connectivity index (χ0) is 12.8. The molecule has 18 heavy (non-hydrogen) atoms. The van der Waals surface area contributed by atoms with Gasteiger partial charge in [-0.1, -0.05) is 12.5 Å². The number of nitrogens with one attached hydrogen (secondary N) is 1. The van der Waals surface area contributed by atoms with Gasteiger partial charge in [0.25, 0.3) is 5.91 Å². The second-order valence-electron chi connectivity index (χ2n) is 4.94. The number of hydrogen-bond acceptors (Lipinski definition) is 2. The lowest BCUT2D eigenvalue weighted by Gasteiger charge is -2.07. The third kappa shape index (κ3) is 3.33. The average molecular weight is 246 g/mol. The van der Waals surface area contributed by atoms with Crippen LogP contribution in [0.25, 0.3) is 0 Å². The first-order valence-corrected chi connectivity index (χ1v) is 6.91. The van der Waals surface area contributed by atoms with E-state index in [1.165, 1.54) is 17.5 Å². The van der Waals surface area contributed by atoms with E-state index in [0.717, 1.165) is 50.8 Å². The number of nitrogens with two attached hydrogens (primary N) is 1. The Bertz CT molecular complexity index is 415. The molecule has 3 nitrogen and oxygen atoms in total. The van der Waals surface area contributed by atoms with E-state index < -0.39 is 0 Å². The Kier molecular flexibility index (Phi) is 4.76. The summed E-state index contributed by atoms with van der Waals surface area (Å²) in [6.45, 7) is 1.48. The number of carbonyl (C=O) groups excluding carboxylic acids is 1. The van der Waals surface area contributed by atoms with E-state index in [-0.39, 0.29) is 5.91 Å². The van der Waals surface area contributed by atoms with Crippen LogP contribution in [0, 0.1) is 0 Å². The van der Waals surface area contributed by atoms with Gasteiger partial charge in [-0.25, -0.2) is 0 Å². The molecule has 1 aromatic rings. The van der Waals surface area contributed by atoms with Gasteiger partial charge in [0.15, 0.2) is 0 Å². The van der Waals surface area contributed by atoms with Crippen LogP contribution in [0.15, 0.2) is 18.2 Å². The van der Waals surface area contributed by atoms with Crippen molar-refractivity contribution < 1.29 is 4.79 Å². The number of benzene rings is 1. The minimum Gasteiger partial charge on any atom is -0.352 e. The summed E-state index contributed by atoms with van der Waals surface area (Å²) < 4.78 is 0. The fraction of sp³-hybridized carbons (Fsp3) is 0.533. The summed E-state index contributed by atoms with van der Waals surface area (Å²) in [5, 5.41) is 2.97. The van der Waals surface area contributed by atoms with E-state index >= 15 is 0 Å². The molecular weight excluding hydrogens is 224 g/mol. The second-order valence-corrected chi connectivity index (χ2v) is 4.94. The first-order chi connectivity index (χ1) is 8.81. The molecule has 0 heterocycles. The molecule has 1 aromatic carbocycles. The van der Waals surface area contributed by atoms with Crippen LogP contribution in [0.5, 0.6) is 0 Å². The molecule has 0 atom stereocenters.